The molecule has 15 heavy (non-hydrogen) atoms. The molecule has 0 saturated heterocycles. The van der Waals surface area contributed by atoms with Crippen molar-refractivity contribution in [3.63, 3.8) is 0 Å². The van der Waals surface area contributed by atoms with Gasteiger partial charge in [-0.05, 0) is 18.6 Å². The molecule has 0 atom stereocenters. The van der Waals surface area contributed by atoms with Crippen LogP contribution in [0.3, 0.4) is 0 Å². The van der Waals surface area contributed by atoms with Crippen LogP contribution in [-0.2, 0) is 11.2 Å². The van der Waals surface area contributed by atoms with Gasteiger partial charge in [-0.15, -0.1) is 11.3 Å². The summed E-state index contributed by atoms with van der Waals surface area (Å²) >= 11 is 1.49. The largest absolute Gasteiger partial charge is 0.461 e. The highest BCUT2D eigenvalue weighted by atomic mass is 32.1. The van der Waals surface area contributed by atoms with E-state index in [0.717, 1.165) is 12.8 Å². The highest BCUT2D eigenvalue weighted by Gasteiger charge is 2.09. The van der Waals surface area contributed by atoms with E-state index in [1.165, 1.54) is 16.2 Å². The summed E-state index contributed by atoms with van der Waals surface area (Å²) in [4.78, 5) is 13.3. The van der Waals surface area contributed by atoms with E-state index in [1.807, 2.05) is 6.07 Å². The lowest BCUT2D eigenvalue weighted by Gasteiger charge is -2.00. The van der Waals surface area contributed by atoms with Crippen molar-refractivity contribution >= 4 is 17.3 Å². The van der Waals surface area contributed by atoms with Gasteiger partial charge in [0.25, 0.3) is 0 Å². The Kier molecular flexibility index (Phi) is 5.36. The van der Waals surface area contributed by atoms with Gasteiger partial charge in [0.15, 0.2) is 0 Å². The molecule has 1 aromatic heterocycles. The number of carbonyl (C=O) groups is 1. The van der Waals surface area contributed by atoms with Crippen LogP contribution in [0, 0.1) is 0 Å². The van der Waals surface area contributed by atoms with Gasteiger partial charge in [0.05, 0.1) is 6.61 Å². The van der Waals surface area contributed by atoms with Gasteiger partial charge in [0.1, 0.15) is 4.88 Å². The molecule has 0 saturated carbocycles. The molecule has 0 bridgehead atoms. The molecule has 0 radical (unpaired) electrons. The number of aryl methyl sites for hydroxylation is 1. The maximum absolute atomic E-state index is 11.4. The molecule has 0 spiro atoms. The van der Waals surface area contributed by atoms with Crippen LogP contribution in [0.15, 0.2) is 12.1 Å². The third kappa shape index (κ3) is 4.01. The van der Waals surface area contributed by atoms with Crippen LogP contribution in [0.4, 0.5) is 0 Å². The molecule has 1 heterocycles. The number of thiophene rings is 1. The lowest BCUT2D eigenvalue weighted by molar-refractivity contribution is 0.0488. The third-order valence-corrected chi connectivity index (χ3v) is 3.02. The summed E-state index contributed by atoms with van der Waals surface area (Å²) in [7, 11) is 0. The van der Waals surface area contributed by atoms with Crippen molar-refractivity contribution in [1.82, 2.24) is 0 Å². The molecular formula is C11H16O3S. The maximum Gasteiger partial charge on any atom is 0.348 e. The zero-order valence-electron chi connectivity index (χ0n) is 8.86. The summed E-state index contributed by atoms with van der Waals surface area (Å²) in [5.74, 6) is -0.282. The molecule has 0 unspecified atom stereocenters. The highest BCUT2D eigenvalue weighted by molar-refractivity contribution is 7.13. The van der Waals surface area contributed by atoms with Gasteiger partial charge in [-0.2, -0.15) is 0 Å². The van der Waals surface area contributed by atoms with Crippen LogP contribution in [0.25, 0.3) is 0 Å². The summed E-state index contributed by atoms with van der Waals surface area (Å²) in [6.45, 7) is 2.45. The van der Waals surface area contributed by atoms with E-state index in [0.29, 0.717) is 11.3 Å². The van der Waals surface area contributed by atoms with Gasteiger partial charge >= 0.3 is 5.97 Å². The predicted molar refractivity (Wildman–Crippen MR) is 60.3 cm³/mol. The summed E-state index contributed by atoms with van der Waals surface area (Å²) in [5, 5.41) is 8.54. The molecule has 0 aliphatic heterocycles. The molecule has 0 aliphatic rings. The number of aliphatic hydroxyl groups excluding tert-OH is 1. The van der Waals surface area contributed by atoms with Crippen LogP contribution in [-0.4, -0.2) is 24.3 Å². The molecule has 1 aromatic rings. The smallest absolute Gasteiger partial charge is 0.348 e. The van der Waals surface area contributed by atoms with E-state index in [-0.39, 0.29) is 19.2 Å². The van der Waals surface area contributed by atoms with Crippen LogP contribution < -0.4 is 0 Å². The van der Waals surface area contributed by atoms with Crippen molar-refractivity contribution in [3.05, 3.63) is 21.9 Å². The SMILES string of the molecule is CCCc1ccc(C(=O)OCCCO)s1. The first-order valence-electron chi connectivity index (χ1n) is 5.14. The third-order valence-electron chi connectivity index (χ3n) is 1.89. The van der Waals surface area contributed by atoms with Gasteiger partial charge in [-0.1, -0.05) is 13.3 Å². The fourth-order valence-corrected chi connectivity index (χ4v) is 2.17. The Morgan fingerprint density at radius 3 is 3.00 bits per heavy atom. The molecule has 0 aromatic carbocycles. The van der Waals surface area contributed by atoms with E-state index in [1.54, 1.807) is 6.07 Å². The Hall–Kier alpha value is -0.870. The first kappa shape index (κ1) is 12.2. The van der Waals surface area contributed by atoms with Gasteiger partial charge in [-0.3, -0.25) is 0 Å². The minimum absolute atomic E-state index is 0.0544. The normalized spacial score (nSPS) is 10.3. The summed E-state index contributed by atoms with van der Waals surface area (Å²) in [6, 6.07) is 3.77. The highest BCUT2D eigenvalue weighted by Crippen LogP contribution is 2.18. The first-order chi connectivity index (χ1) is 7.27. The number of rotatable bonds is 6. The van der Waals surface area contributed by atoms with Crippen LogP contribution in [0.5, 0.6) is 0 Å². The fraction of sp³-hybridized carbons (Fsp3) is 0.545. The fourth-order valence-electron chi connectivity index (χ4n) is 1.17. The van der Waals surface area contributed by atoms with E-state index in [9.17, 15) is 4.79 Å². The molecule has 0 aliphatic carbocycles. The zero-order valence-corrected chi connectivity index (χ0v) is 9.68. The molecular weight excluding hydrogens is 212 g/mol. The van der Waals surface area contributed by atoms with E-state index >= 15 is 0 Å². The van der Waals surface area contributed by atoms with Crippen LogP contribution in [0.1, 0.15) is 34.3 Å². The van der Waals surface area contributed by atoms with Crippen molar-refractivity contribution in [2.75, 3.05) is 13.2 Å². The van der Waals surface area contributed by atoms with Crippen LogP contribution >= 0.6 is 11.3 Å². The Bertz CT molecular complexity index is 307. The van der Waals surface area contributed by atoms with Crippen molar-refractivity contribution in [1.29, 1.82) is 0 Å². The van der Waals surface area contributed by atoms with E-state index in [2.05, 4.69) is 6.92 Å². The van der Waals surface area contributed by atoms with Crippen molar-refractivity contribution < 1.29 is 14.6 Å². The van der Waals surface area contributed by atoms with E-state index in [4.69, 9.17) is 9.84 Å². The first-order valence-corrected chi connectivity index (χ1v) is 5.96. The standard InChI is InChI=1S/C11H16O3S/c1-2-4-9-5-6-10(15-9)11(13)14-8-3-7-12/h5-6,12H,2-4,7-8H2,1H3. The van der Waals surface area contributed by atoms with E-state index < -0.39 is 0 Å². The average molecular weight is 228 g/mol. The Morgan fingerprint density at radius 2 is 2.33 bits per heavy atom. The van der Waals surface area contributed by atoms with Crippen molar-refractivity contribution in [2.45, 2.75) is 26.2 Å². The number of ether oxygens (including phenoxy) is 1. The number of hydrogen-bond acceptors (Lipinski definition) is 4. The van der Waals surface area contributed by atoms with Gasteiger partial charge in [-0.25, -0.2) is 4.79 Å². The lowest BCUT2D eigenvalue weighted by atomic mass is 10.3. The monoisotopic (exact) mass is 228 g/mol. The summed E-state index contributed by atoms with van der Waals surface area (Å²) in [6.07, 6.45) is 2.59. The Balaban J connectivity index is 2.43. The number of esters is 1. The van der Waals surface area contributed by atoms with Gasteiger partial charge in [0.2, 0.25) is 0 Å². The second kappa shape index (κ2) is 6.58. The molecule has 1 rings (SSSR count). The predicted octanol–water partition coefficient (Wildman–Crippen LogP) is 2.24. The molecule has 1 N–H and O–H groups in total. The molecule has 84 valence electrons. The zero-order chi connectivity index (χ0) is 11.1. The summed E-state index contributed by atoms with van der Waals surface area (Å²) < 4.78 is 4.97. The van der Waals surface area contributed by atoms with Crippen molar-refractivity contribution in [3.8, 4) is 0 Å². The second-order valence-corrected chi connectivity index (χ2v) is 4.40. The maximum atomic E-state index is 11.4. The average Bonchev–Trinajstić information content (AvgIpc) is 2.67. The topological polar surface area (TPSA) is 46.5 Å². The molecule has 3 nitrogen and oxygen atoms in total. The minimum Gasteiger partial charge on any atom is -0.461 e. The van der Waals surface area contributed by atoms with Crippen molar-refractivity contribution in [2.24, 2.45) is 0 Å². The van der Waals surface area contributed by atoms with Gasteiger partial charge in [0, 0.05) is 17.9 Å². The van der Waals surface area contributed by atoms with Gasteiger partial charge < -0.3 is 9.84 Å². The Morgan fingerprint density at radius 1 is 1.53 bits per heavy atom. The Labute approximate surface area is 93.7 Å². The van der Waals surface area contributed by atoms with Crippen LogP contribution in [0.2, 0.25) is 0 Å². The number of hydrogen-bond donors (Lipinski definition) is 1. The quantitative estimate of drug-likeness (QED) is 0.600. The molecule has 0 fully saturated rings. The lowest BCUT2D eigenvalue weighted by Crippen LogP contribution is -2.05. The number of carbonyl (C=O) groups excluding carboxylic acids is 1. The second-order valence-electron chi connectivity index (χ2n) is 3.23. The molecule has 0 amide bonds. The summed E-state index contributed by atoms with van der Waals surface area (Å²) in [5.41, 5.74) is 0. The molecule has 4 heteroatoms. The minimum atomic E-state index is -0.282. The number of aliphatic hydroxyl groups is 1.